The molecule has 33 heavy (non-hydrogen) atoms. The molecule has 1 atom stereocenters. The number of hydrogen-bond acceptors (Lipinski definition) is 4. The Morgan fingerprint density at radius 3 is 2.42 bits per heavy atom. The van der Waals surface area contributed by atoms with Crippen LogP contribution in [0.15, 0.2) is 48.5 Å². The van der Waals surface area contributed by atoms with Crippen molar-refractivity contribution in [2.24, 2.45) is 0 Å². The highest BCUT2D eigenvalue weighted by Crippen LogP contribution is 2.37. The number of carbonyl (C=O) groups excluding carboxylic acids is 2. The van der Waals surface area contributed by atoms with E-state index in [1.54, 1.807) is 12.0 Å². The van der Waals surface area contributed by atoms with Crippen molar-refractivity contribution in [2.45, 2.75) is 64.1 Å². The van der Waals surface area contributed by atoms with Gasteiger partial charge in [0, 0.05) is 12.6 Å². The van der Waals surface area contributed by atoms with Crippen LogP contribution in [-0.4, -0.2) is 47.9 Å². The Labute approximate surface area is 196 Å². The highest BCUT2D eigenvalue weighted by Gasteiger charge is 2.43. The summed E-state index contributed by atoms with van der Waals surface area (Å²) in [6.07, 6.45) is 6.25. The molecule has 1 heterocycles. The maximum absolute atomic E-state index is 13.9. The molecule has 2 aliphatic rings. The van der Waals surface area contributed by atoms with E-state index in [0.717, 1.165) is 43.2 Å². The van der Waals surface area contributed by atoms with Gasteiger partial charge in [-0.3, -0.25) is 9.59 Å². The van der Waals surface area contributed by atoms with Crippen LogP contribution in [0.5, 0.6) is 11.5 Å². The molecule has 1 aliphatic heterocycles. The molecule has 4 rings (SSSR count). The smallest absolute Gasteiger partial charge is 0.250 e. The zero-order chi connectivity index (χ0) is 23.2. The van der Waals surface area contributed by atoms with Gasteiger partial charge in [0.2, 0.25) is 5.91 Å². The maximum atomic E-state index is 13.9. The standard InChI is InChI=1S/C27H34N2O4/c1-3-16-33-23-15-14-21(17-24(23)32-2)26-27(31)28(22-12-8-5-9-13-22)19-25(30)29(26)18-20-10-6-4-7-11-20/h4,6-7,10-11,14-15,17,22,26H,3,5,8-9,12-13,16,18-19H2,1-2H3. The first-order chi connectivity index (χ1) is 16.1. The van der Waals surface area contributed by atoms with E-state index in [1.165, 1.54) is 6.42 Å². The van der Waals surface area contributed by atoms with E-state index in [2.05, 4.69) is 6.92 Å². The quantitative estimate of drug-likeness (QED) is 0.583. The Balaban J connectivity index is 1.69. The third-order valence-corrected chi connectivity index (χ3v) is 6.63. The van der Waals surface area contributed by atoms with Crippen molar-refractivity contribution in [1.82, 2.24) is 9.80 Å². The maximum Gasteiger partial charge on any atom is 0.250 e. The molecule has 1 aliphatic carbocycles. The van der Waals surface area contributed by atoms with E-state index in [4.69, 9.17) is 9.47 Å². The summed E-state index contributed by atoms with van der Waals surface area (Å²) in [7, 11) is 1.60. The Bertz CT molecular complexity index is 956. The molecule has 2 aromatic rings. The second-order valence-electron chi connectivity index (χ2n) is 8.93. The van der Waals surface area contributed by atoms with Gasteiger partial charge in [-0.25, -0.2) is 0 Å². The van der Waals surface area contributed by atoms with Gasteiger partial charge in [-0.2, -0.15) is 0 Å². The van der Waals surface area contributed by atoms with Gasteiger partial charge in [-0.15, -0.1) is 0 Å². The summed E-state index contributed by atoms with van der Waals surface area (Å²) >= 11 is 0. The van der Waals surface area contributed by atoms with Gasteiger partial charge in [-0.1, -0.05) is 62.6 Å². The van der Waals surface area contributed by atoms with Crippen LogP contribution in [0.4, 0.5) is 0 Å². The summed E-state index contributed by atoms with van der Waals surface area (Å²) < 4.78 is 11.4. The summed E-state index contributed by atoms with van der Waals surface area (Å²) in [5, 5.41) is 0. The van der Waals surface area contributed by atoms with E-state index in [1.807, 2.05) is 53.4 Å². The predicted octanol–water partition coefficient (Wildman–Crippen LogP) is 4.73. The van der Waals surface area contributed by atoms with Gasteiger partial charge < -0.3 is 19.3 Å². The average Bonchev–Trinajstić information content (AvgIpc) is 2.86. The highest BCUT2D eigenvalue weighted by molar-refractivity contribution is 5.96. The molecule has 6 heteroatoms. The monoisotopic (exact) mass is 450 g/mol. The summed E-state index contributed by atoms with van der Waals surface area (Å²) in [5.74, 6) is 1.22. The number of piperazine rings is 1. The van der Waals surface area contributed by atoms with Crippen molar-refractivity contribution >= 4 is 11.8 Å². The van der Waals surface area contributed by atoms with E-state index in [-0.39, 0.29) is 24.4 Å². The average molecular weight is 451 g/mol. The van der Waals surface area contributed by atoms with Crippen molar-refractivity contribution in [2.75, 3.05) is 20.3 Å². The van der Waals surface area contributed by atoms with E-state index in [0.29, 0.717) is 24.7 Å². The third-order valence-electron chi connectivity index (χ3n) is 6.63. The molecular weight excluding hydrogens is 416 g/mol. The lowest BCUT2D eigenvalue weighted by Gasteiger charge is -2.44. The van der Waals surface area contributed by atoms with E-state index in [9.17, 15) is 9.59 Å². The number of amides is 2. The van der Waals surface area contributed by atoms with Gasteiger partial charge in [0.15, 0.2) is 11.5 Å². The van der Waals surface area contributed by atoms with Crippen molar-refractivity contribution in [3.63, 3.8) is 0 Å². The van der Waals surface area contributed by atoms with Gasteiger partial charge in [0.25, 0.3) is 5.91 Å². The van der Waals surface area contributed by atoms with Crippen LogP contribution in [0.1, 0.15) is 62.6 Å². The van der Waals surface area contributed by atoms with Gasteiger partial charge in [-0.05, 0) is 42.5 Å². The minimum absolute atomic E-state index is 0.00158. The van der Waals surface area contributed by atoms with Gasteiger partial charge >= 0.3 is 0 Å². The van der Waals surface area contributed by atoms with Gasteiger partial charge in [0.1, 0.15) is 12.6 Å². The number of hydrogen-bond donors (Lipinski definition) is 0. The lowest BCUT2D eigenvalue weighted by molar-refractivity contribution is -0.160. The summed E-state index contributed by atoms with van der Waals surface area (Å²) in [5.41, 5.74) is 1.76. The van der Waals surface area contributed by atoms with Crippen LogP contribution in [0, 0.1) is 0 Å². The molecule has 2 fully saturated rings. The van der Waals surface area contributed by atoms with Crippen LogP contribution in [0.25, 0.3) is 0 Å². The molecule has 2 amide bonds. The molecule has 0 N–H and O–H groups in total. The van der Waals surface area contributed by atoms with Crippen LogP contribution < -0.4 is 9.47 Å². The predicted molar refractivity (Wildman–Crippen MR) is 127 cm³/mol. The lowest BCUT2D eigenvalue weighted by Crippen LogP contribution is -2.58. The first-order valence-electron chi connectivity index (χ1n) is 12.1. The lowest BCUT2D eigenvalue weighted by atomic mass is 9.91. The largest absolute Gasteiger partial charge is 0.493 e. The Morgan fingerprint density at radius 1 is 0.970 bits per heavy atom. The molecule has 0 bridgehead atoms. The fourth-order valence-electron chi connectivity index (χ4n) is 4.92. The van der Waals surface area contributed by atoms with Crippen LogP contribution in [0.3, 0.4) is 0 Å². The third kappa shape index (κ3) is 5.15. The van der Waals surface area contributed by atoms with E-state index < -0.39 is 6.04 Å². The number of ether oxygens (including phenoxy) is 2. The molecule has 176 valence electrons. The fraction of sp³-hybridized carbons (Fsp3) is 0.481. The van der Waals surface area contributed by atoms with Crippen molar-refractivity contribution in [3.8, 4) is 11.5 Å². The minimum Gasteiger partial charge on any atom is -0.493 e. The molecule has 1 saturated heterocycles. The van der Waals surface area contributed by atoms with Gasteiger partial charge in [0.05, 0.1) is 13.7 Å². The summed E-state index contributed by atoms with van der Waals surface area (Å²) in [4.78, 5) is 30.9. The molecule has 0 aromatic heterocycles. The van der Waals surface area contributed by atoms with Crippen molar-refractivity contribution in [3.05, 3.63) is 59.7 Å². The van der Waals surface area contributed by atoms with Crippen molar-refractivity contribution < 1.29 is 19.1 Å². The van der Waals surface area contributed by atoms with Crippen molar-refractivity contribution in [1.29, 1.82) is 0 Å². The number of rotatable bonds is 8. The molecule has 2 aromatic carbocycles. The molecular formula is C27H34N2O4. The summed E-state index contributed by atoms with van der Waals surface area (Å²) in [6.45, 7) is 3.19. The van der Waals surface area contributed by atoms with E-state index >= 15 is 0 Å². The number of carbonyl (C=O) groups is 2. The SMILES string of the molecule is CCCOc1ccc(C2C(=O)N(C3CCCCC3)CC(=O)N2Cc2ccccc2)cc1OC. The van der Waals surface area contributed by atoms with Crippen LogP contribution in [0.2, 0.25) is 0 Å². The Kier molecular flexibility index (Phi) is 7.53. The fourth-order valence-corrected chi connectivity index (χ4v) is 4.92. The zero-order valence-electron chi connectivity index (χ0n) is 19.7. The highest BCUT2D eigenvalue weighted by atomic mass is 16.5. The number of nitrogens with zero attached hydrogens (tertiary/aromatic N) is 2. The topological polar surface area (TPSA) is 59.1 Å². The normalized spacial score (nSPS) is 19.6. The number of methoxy groups -OCH3 is 1. The first kappa shape index (κ1) is 23.1. The Morgan fingerprint density at radius 2 is 1.73 bits per heavy atom. The first-order valence-corrected chi connectivity index (χ1v) is 12.1. The zero-order valence-corrected chi connectivity index (χ0v) is 19.7. The van der Waals surface area contributed by atoms with Crippen LogP contribution in [-0.2, 0) is 16.1 Å². The molecule has 6 nitrogen and oxygen atoms in total. The Hall–Kier alpha value is -3.02. The second-order valence-corrected chi connectivity index (χ2v) is 8.93. The number of benzene rings is 2. The van der Waals surface area contributed by atoms with Crippen LogP contribution >= 0.6 is 0 Å². The molecule has 1 saturated carbocycles. The molecule has 1 unspecified atom stereocenters. The minimum atomic E-state index is -0.678. The molecule has 0 radical (unpaired) electrons. The second kappa shape index (κ2) is 10.7. The molecule has 0 spiro atoms. The summed E-state index contributed by atoms with van der Waals surface area (Å²) in [6, 6.07) is 14.9.